The van der Waals surface area contributed by atoms with E-state index in [0.29, 0.717) is 0 Å². The van der Waals surface area contributed by atoms with E-state index in [0.717, 1.165) is 34.2 Å². The predicted molar refractivity (Wildman–Crippen MR) is 181 cm³/mol. The van der Waals surface area contributed by atoms with Crippen LogP contribution < -0.4 is 14.5 Å². The van der Waals surface area contributed by atoms with Crippen molar-refractivity contribution in [3.8, 4) is 16.9 Å². The molecule has 7 rings (SSSR count). The molecule has 0 aliphatic rings. The Hall–Kier alpha value is -4.84. The fourth-order valence-electron chi connectivity index (χ4n) is 5.27. The summed E-state index contributed by atoms with van der Waals surface area (Å²) in [6.07, 6.45) is 0. The van der Waals surface area contributed by atoms with Crippen LogP contribution in [0.2, 0.25) is 0 Å². The van der Waals surface area contributed by atoms with E-state index in [1.165, 1.54) is 26.2 Å². The van der Waals surface area contributed by atoms with Crippen LogP contribution in [0.3, 0.4) is 0 Å². The monoisotopic (exact) mass is 580 g/mol. The van der Waals surface area contributed by atoms with Crippen molar-refractivity contribution in [3.63, 3.8) is 0 Å². The van der Waals surface area contributed by atoms with Crippen molar-refractivity contribution in [1.82, 2.24) is 0 Å². The number of rotatable bonds is 8. The molecule has 204 valence electrons. The van der Waals surface area contributed by atoms with Gasteiger partial charge in [-0.1, -0.05) is 60.7 Å². The molecule has 5 aromatic carbocycles. The summed E-state index contributed by atoms with van der Waals surface area (Å²) in [4.78, 5) is 4.62. The Morgan fingerprint density at radius 3 is 1.48 bits per heavy atom. The van der Waals surface area contributed by atoms with Crippen molar-refractivity contribution in [1.29, 1.82) is 0 Å². The Bertz CT molecular complexity index is 1850. The van der Waals surface area contributed by atoms with Gasteiger partial charge in [-0.3, -0.25) is 0 Å². The number of hydrogen-bond donors (Lipinski definition) is 0. The van der Waals surface area contributed by atoms with Crippen molar-refractivity contribution < 1.29 is 4.74 Å². The van der Waals surface area contributed by atoms with Gasteiger partial charge in [0, 0.05) is 38.5 Å². The molecule has 0 fully saturated rings. The van der Waals surface area contributed by atoms with E-state index in [2.05, 4.69) is 148 Å². The van der Waals surface area contributed by atoms with Gasteiger partial charge in [-0.2, -0.15) is 0 Å². The van der Waals surface area contributed by atoms with Crippen molar-refractivity contribution >= 4 is 66.2 Å². The van der Waals surface area contributed by atoms with Crippen LogP contribution in [0.25, 0.3) is 20.5 Å². The molecule has 0 N–H and O–H groups in total. The summed E-state index contributed by atoms with van der Waals surface area (Å²) in [5.74, 6) is 0.849. The molecule has 0 amide bonds. The lowest BCUT2D eigenvalue weighted by atomic mass is 10.0. The number of ether oxygens (including phenoxy) is 1. The number of methoxy groups -OCH3 is 1. The maximum absolute atomic E-state index is 5.42. The summed E-state index contributed by atoms with van der Waals surface area (Å²) in [7, 11) is 1.70. The second-order valence-electron chi connectivity index (χ2n) is 9.87. The molecule has 0 atom stereocenters. The lowest BCUT2D eigenvalue weighted by Gasteiger charge is -2.26. The van der Waals surface area contributed by atoms with Crippen LogP contribution in [0.1, 0.15) is 0 Å². The SMILES string of the molecule is COc1ccc(N(c2ccc(-c3ccc(N(c4ccccc4)c4ccccc4)cc3)cc2)c2csc3ccsc23)cc1. The van der Waals surface area contributed by atoms with E-state index >= 15 is 0 Å². The number of fused-ring (bicyclic) bond motifs is 1. The van der Waals surface area contributed by atoms with Gasteiger partial charge in [0.2, 0.25) is 0 Å². The molecular weight excluding hydrogens is 553 g/mol. The van der Waals surface area contributed by atoms with Gasteiger partial charge in [0.1, 0.15) is 5.75 Å². The number of nitrogens with zero attached hydrogens (tertiary/aromatic N) is 2. The van der Waals surface area contributed by atoms with Crippen molar-refractivity contribution in [2.75, 3.05) is 16.9 Å². The number of para-hydroxylation sites is 2. The van der Waals surface area contributed by atoms with Crippen LogP contribution in [0.4, 0.5) is 34.1 Å². The molecule has 0 aliphatic heterocycles. The minimum atomic E-state index is 0.849. The molecule has 7 aromatic rings. The Morgan fingerprint density at radius 1 is 0.476 bits per heavy atom. The normalized spacial score (nSPS) is 11.0. The Balaban J connectivity index is 1.22. The summed E-state index contributed by atoms with van der Waals surface area (Å²) in [5.41, 5.74) is 9.16. The largest absolute Gasteiger partial charge is 0.497 e. The third-order valence-electron chi connectivity index (χ3n) is 7.34. The second kappa shape index (κ2) is 11.6. The van der Waals surface area contributed by atoms with Gasteiger partial charge in [0.15, 0.2) is 0 Å². The van der Waals surface area contributed by atoms with Gasteiger partial charge in [-0.05, 0) is 95.4 Å². The van der Waals surface area contributed by atoms with Crippen LogP contribution in [-0.4, -0.2) is 7.11 Å². The standard InChI is InChI=1S/C37H28N2OS2/c1-40-34-22-20-33(21-23-34)39(35-26-42-36-24-25-41-37(35)36)32-18-14-28(15-19-32)27-12-16-31(17-13-27)38(29-8-4-2-5-9-29)30-10-6-3-7-11-30/h2-26H,1H3. The predicted octanol–water partition coefficient (Wildman–Crippen LogP) is 11.6. The topological polar surface area (TPSA) is 15.7 Å². The van der Waals surface area contributed by atoms with Gasteiger partial charge in [0.25, 0.3) is 0 Å². The number of thiophene rings is 2. The summed E-state index contributed by atoms with van der Waals surface area (Å²) in [6.45, 7) is 0. The third kappa shape index (κ3) is 5.05. The first-order chi connectivity index (χ1) is 20.8. The molecule has 0 saturated carbocycles. The van der Waals surface area contributed by atoms with E-state index in [1.807, 2.05) is 12.1 Å². The summed E-state index contributed by atoms with van der Waals surface area (Å²) < 4.78 is 8.04. The van der Waals surface area contributed by atoms with Crippen molar-refractivity contribution in [2.24, 2.45) is 0 Å². The summed E-state index contributed by atoms with van der Waals surface area (Å²) in [6, 6.07) is 49.1. The quantitative estimate of drug-likeness (QED) is 0.178. The van der Waals surface area contributed by atoms with Crippen LogP contribution in [0.15, 0.2) is 150 Å². The van der Waals surface area contributed by atoms with E-state index in [9.17, 15) is 0 Å². The lowest BCUT2D eigenvalue weighted by molar-refractivity contribution is 0.415. The molecule has 5 heteroatoms. The first kappa shape index (κ1) is 26.1. The van der Waals surface area contributed by atoms with Crippen LogP contribution in [0, 0.1) is 0 Å². The molecule has 0 saturated heterocycles. The van der Waals surface area contributed by atoms with Crippen LogP contribution >= 0.6 is 22.7 Å². The zero-order valence-corrected chi connectivity index (χ0v) is 24.7. The molecule has 0 spiro atoms. The van der Waals surface area contributed by atoms with Gasteiger partial charge in [-0.25, -0.2) is 0 Å². The smallest absolute Gasteiger partial charge is 0.119 e. The first-order valence-electron chi connectivity index (χ1n) is 13.8. The van der Waals surface area contributed by atoms with E-state index in [1.54, 1.807) is 29.8 Å². The van der Waals surface area contributed by atoms with Gasteiger partial charge >= 0.3 is 0 Å². The summed E-state index contributed by atoms with van der Waals surface area (Å²) in [5, 5.41) is 4.42. The van der Waals surface area contributed by atoms with Crippen LogP contribution in [-0.2, 0) is 0 Å². The highest BCUT2D eigenvalue weighted by molar-refractivity contribution is 7.27. The maximum atomic E-state index is 5.42. The van der Waals surface area contributed by atoms with Crippen LogP contribution in [0.5, 0.6) is 5.75 Å². The molecule has 0 aliphatic carbocycles. The Kier molecular flexibility index (Phi) is 7.18. The molecule has 0 radical (unpaired) electrons. The van der Waals surface area contributed by atoms with Crippen molar-refractivity contribution in [2.45, 2.75) is 0 Å². The van der Waals surface area contributed by atoms with E-state index < -0.39 is 0 Å². The van der Waals surface area contributed by atoms with Crippen molar-refractivity contribution in [3.05, 3.63) is 150 Å². The molecular formula is C37H28N2OS2. The fourth-order valence-corrected chi connectivity index (χ4v) is 7.33. The zero-order chi connectivity index (χ0) is 28.3. The lowest BCUT2D eigenvalue weighted by Crippen LogP contribution is -2.09. The number of benzene rings is 5. The molecule has 0 unspecified atom stereocenters. The minimum absolute atomic E-state index is 0.849. The molecule has 2 heterocycles. The van der Waals surface area contributed by atoms with Gasteiger partial charge in [0.05, 0.1) is 17.5 Å². The first-order valence-corrected chi connectivity index (χ1v) is 15.5. The molecule has 42 heavy (non-hydrogen) atoms. The fraction of sp³-hybridized carbons (Fsp3) is 0.0270. The highest BCUT2D eigenvalue weighted by Crippen LogP contribution is 2.44. The average molecular weight is 581 g/mol. The molecule has 2 aromatic heterocycles. The van der Waals surface area contributed by atoms with E-state index in [4.69, 9.17) is 4.74 Å². The zero-order valence-electron chi connectivity index (χ0n) is 23.1. The molecule has 3 nitrogen and oxygen atoms in total. The Labute approximate surface area is 254 Å². The van der Waals surface area contributed by atoms with Gasteiger partial charge in [-0.15, -0.1) is 22.7 Å². The minimum Gasteiger partial charge on any atom is -0.497 e. The maximum Gasteiger partial charge on any atom is 0.119 e. The van der Waals surface area contributed by atoms with E-state index in [-0.39, 0.29) is 0 Å². The molecule has 0 bridgehead atoms. The number of anilines is 6. The highest BCUT2D eigenvalue weighted by Gasteiger charge is 2.18. The number of hydrogen-bond acceptors (Lipinski definition) is 5. The highest BCUT2D eigenvalue weighted by atomic mass is 32.1. The Morgan fingerprint density at radius 2 is 0.952 bits per heavy atom. The average Bonchev–Trinajstić information content (AvgIpc) is 3.69. The second-order valence-corrected chi connectivity index (χ2v) is 11.7. The van der Waals surface area contributed by atoms with Gasteiger partial charge < -0.3 is 14.5 Å². The summed E-state index contributed by atoms with van der Waals surface area (Å²) >= 11 is 3.57. The third-order valence-corrected chi connectivity index (χ3v) is 9.35.